The average molecular weight is 415 g/mol. The van der Waals surface area contributed by atoms with Crippen molar-refractivity contribution in [2.24, 2.45) is 0 Å². The fraction of sp³-hybridized carbons (Fsp3) is 0.400. The summed E-state index contributed by atoms with van der Waals surface area (Å²) in [4.78, 5) is 40.6. The van der Waals surface area contributed by atoms with Crippen LogP contribution < -0.4 is 5.32 Å². The lowest BCUT2D eigenvalue weighted by atomic mass is 10.1. The minimum Gasteiger partial charge on any atom is -0.461 e. The van der Waals surface area contributed by atoms with Gasteiger partial charge >= 0.3 is 11.9 Å². The van der Waals surface area contributed by atoms with Crippen LogP contribution in [0, 0.1) is 25.2 Å². The summed E-state index contributed by atoms with van der Waals surface area (Å²) >= 11 is 1.40. The van der Waals surface area contributed by atoms with Gasteiger partial charge in [0.1, 0.15) is 16.8 Å². The number of H-pyrrole nitrogens is 1. The van der Waals surface area contributed by atoms with Crippen LogP contribution in [0.4, 0.5) is 5.00 Å². The predicted octanol–water partition coefficient (Wildman–Crippen LogP) is 3.03. The normalized spacial score (nSPS) is 12.2. The maximum absolute atomic E-state index is 12.4. The Bertz CT molecular complexity index is 1030. The molecule has 0 aromatic carbocycles. The summed E-state index contributed by atoms with van der Waals surface area (Å²) in [6.07, 6.45) is 2.77. The number of carbonyl (C=O) groups excluding carboxylic acids is 3. The van der Waals surface area contributed by atoms with Gasteiger partial charge in [-0.2, -0.15) is 5.26 Å². The zero-order chi connectivity index (χ0) is 21.1. The van der Waals surface area contributed by atoms with Crippen molar-refractivity contribution in [2.45, 2.75) is 40.0 Å². The highest BCUT2D eigenvalue weighted by Crippen LogP contribution is 2.38. The summed E-state index contributed by atoms with van der Waals surface area (Å²) in [5.74, 6) is -1.79. The Hall–Kier alpha value is -3.12. The van der Waals surface area contributed by atoms with Crippen molar-refractivity contribution in [3.05, 3.63) is 38.5 Å². The number of nitrogens with one attached hydrogen (secondary N) is 2. The largest absolute Gasteiger partial charge is 0.461 e. The molecular formula is C20H21N3O5S. The highest BCUT2D eigenvalue weighted by atomic mass is 32.1. The lowest BCUT2D eigenvalue weighted by molar-refractivity contribution is -0.119. The molecule has 2 N–H and O–H groups in total. The van der Waals surface area contributed by atoms with Crippen molar-refractivity contribution >= 4 is 34.2 Å². The summed E-state index contributed by atoms with van der Waals surface area (Å²) in [6, 6.07) is 2.15. The second-order valence-electron chi connectivity index (χ2n) is 6.64. The number of esters is 2. The number of nitrogens with zero attached hydrogens (tertiary/aromatic N) is 1. The number of amides is 1. The van der Waals surface area contributed by atoms with E-state index in [-0.39, 0.29) is 17.9 Å². The van der Waals surface area contributed by atoms with E-state index in [9.17, 15) is 19.6 Å². The maximum atomic E-state index is 12.4. The van der Waals surface area contributed by atoms with Crippen LogP contribution in [0.25, 0.3) is 0 Å². The number of carbonyl (C=O) groups is 3. The van der Waals surface area contributed by atoms with Crippen LogP contribution in [0.15, 0.2) is 0 Å². The first-order chi connectivity index (χ1) is 13.9. The summed E-state index contributed by atoms with van der Waals surface area (Å²) in [5, 5.41) is 12.5. The number of aromatic amines is 1. The van der Waals surface area contributed by atoms with Crippen molar-refractivity contribution < 1.29 is 23.9 Å². The number of aryl methyl sites for hydroxylation is 2. The Kier molecular flexibility index (Phi) is 6.03. The number of ether oxygens (including phenoxy) is 2. The Labute approximate surface area is 171 Å². The molecule has 0 unspecified atom stereocenters. The second-order valence-corrected chi connectivity index (χ2v) is 7.75. The molecule has 0 atom stereocenters. The molecule has 0 saturated carbocycles. The Morgan fingerprint density at radius 2 is 1.97 bits per heavy atom. The van der Waals surface area contributed by atoms with Crippen LogP contribution in [-0.4, -0.2) is 36.0 Å². The van der Waals surface area contributed by atoms with E-state index in [1.165, 1.54) is 11.3 Å². The number of thiophene rings is 1. The van der Waals surface area contributed by atoms with Crippen molar-refractivity contribution in [1.29, 1.82) is 5.26 Å². The molecule has 0 aliphatic heterocycles. The minimum absolute atomic E-state index is 0.188. The standard InChI is InChI=1S/C20H21N3O5S/c1-4-27-20(26)17-10(2)16(11(3)22-17)19(25)28-9-15(24)23-18-13(8-21)12-6-5-7-14(12)29-18/h22H,4-7,9H2,1-3H3,(H,23,24). The van der Waals surface area contributed by atoms with Gasteiger partial charge in [0.25, 0.3) is 5.91 Å². The molecule has 0 radical (unpaired) electrons. The molecule has 2 aromatic rings. The van der Waals surface area contributed by atoms with E-state index in [0.717, 1.165) is 29.7 Å². The second kappa shape index (κ2) is 8.49. The molecule has 0 fully saturated rings. The third-order valence-electron chi connectivity index (χ3n) is 4.74. The van der Waals surface area contributed by atoms with Gasteiger partial charge in [-0.15, -0.1) is 11.3 Å². The Morgan fingerprint density at radius 3 is 2.66 bits per heavy atom. The number of rotatable bonds is 6. The number of anilines is 1. The van der Waals surface area contributed by atoms with Crippen molar-refractivity contribution in [3.8, 4) is 6.07 Å². The first-order valence-electron chi connectivity index (χ1n) is 9.25. The summed E-state index contributed by atoms with van der Waals surface area (Å²) < 4.78 is 10.1. The van der Waals surface area contributed by atoms with Gasteiger partial charge in [-0.1, -0.05) is 0 Å². The zero-order valence-electron chi connectivity index (χ0n) is 16.4. The summed E-state index contributed by atoms with van der Waals surface area (Å²) in [6.45, 7) is 4.66. The molecule has 3 rings (SSSR count). The van der Waals surface area contributed by atoms with Crippen LogP contribution >= 0.6 is 11.3 Å². The highest BCUT2D eigenvalue weighted by molar-refractivity contribution is 7.16. The van der Waals surface area contributed by atoms with E-state index in [1.807, 2.05) is 0 Å². The van der Waals surface area contributed by atoms with E-state index >= 15 is 0 Å². The minimum atomic E-state index is -0.712. The Balaban J connectivity index is 1.65. The molecule has 0 bridgehead atoms. The third-order valence-corrected chi connectivity index (χ3v) is 5.95. The zero-order valence-corrected chi connectivity index (χ0v) is 17.2. The molecule has 1 aliphatic carbocycles. The molecule has 9 heteroatoms. The van der Waals surface area contributed by atoms with Gasteiger partial charge in [0.2, 0.25) is 0 Å². The average Bonchev–Trinajstić information content (AvgIpc) is 3.33. The third kappa shape index (κ3) is 4.03. The molecular weight excluding hydrogens is 394 g/mol. The number of nitriles is 1. The van der Waals surface area contributed by atoms with Gasteiger partial charge in [0.15, 0.2) is 6.61 Å². The van der Waals surface area contributed by atoms with Gasteiger partial charge in [0, 0.05) is 10.6 Å². The number of aromatic nitrogens is 1. The van der Waals surface area contributed by atoms with Crippen LogP contribution in [0.5, 0.6) is 0 Å². The van der Waals surface area contributed by atoms with E-state index in [1.54, 1.807) is 20.8 Å². The van der Waals surface area contributed by atoms with Crippen LogP contribution in [0.1, 0.15) is 61.5 Å². The number of hydrogen-bond acceptors (Lipinski definition) is 7. The van der Waals surface area contributed by atoms with Crippen LogP contribution in [0.3, 0.4) is 0 Å². The predicted molar refractivity (Wildman–Crippen MR) is 106 cm³/mol. The molecule has 8 nitrogen and oxygen atoms in total. The van der Waals surface area contributed by atoms with Crippen molar-refractivity contribution in [2.75, 3.05) is 18.5 Å². The molecule has 1 amide bonds. The topological polar surface area (TPSA) is 121 Å². The Morgan fingerprint density at radius 1 is 1.21 bits per heavy atom. The molecule has 1 aliphatic rings. The first-order valence-corrected chi connectivity index (χ1v) is 10.1. The van der Waals surface area contributed by atoms with Crippen molar-refractivity contribution in [3.63, 3.8) is 0 Å². The van der Waals surface area contributed by atoms with Crippen molar-refractivity contribution in [1.82, 2.24) is 4.98 Å². The summed E-state index contributed by atoms with van der Waals surface area (Å²) in [7, 11) is 0. The lowest BCUT2D eigenvalue weighted by Crippen LogP contribution is -2.21. The fourth-order valence-corrected chi connectivity index (χ4v) is 4.70. The molecule has 0 saturated heterocycles. The molecule has 2 aromatic heterocycles. The molecule has 29 heavy (non-hydrogen) atoms. The van der Waals surface area contributed by atoms with Gasteiger partial charge < -0.3 is 19.8 Å². The van der Waals surface area contributed by atoms with E-state index in [0.29, 0.717) is 21.8 Å². The van der Waals surface area contributed by atoms with E-state index < -0.39 is 24.5 Å². The van der Waals surface area contributed by atoms with Crippen LogP contribution in [0.2, 0.25) is 0 Å². The maximum Gasteiger partial charge on any atom is 0.355 e. The fourth-order valence-electron chi connectivity index (χ4n) is 3.44. The van der Waals surface area contributed by atoms with Gasteiger partial charge in [-0.25, -0.2) is 9.59 Å². The number of fused-ring (bicyclic) bond motifs is 1. The first kappa shape index (κ1) is 20.6. The highest BCUT2D eigenvalue weighted by Gasteiger charge is 2.26. The molecule has 2 heterocycles. The van der Waals surface area contributed by atoms with E-state index in [2.05, 4.69) is 16.4 Å². The molecule has 0 spiro atoms. The van der Waals surface area contributed by atoms with Gasteiger partial charge in [-0.05, 0) is 51.2 Å². The monoisotopic (exact) mass is 415 g/mol. The number of hydrogen-bond donors (Lipinski definition) is 2. The summed E-state index contributed by atoms with van der Waals surface area (Å²) in [5.41, 5.74) is 2.76. The SMILES string of the molecule is CCOC(=O)c1[nH]c(C)c(C(=O)OCC(=O)Nc2sc3c(c2C#N)CCC3)c1C. The quantitative estimate of drug-likeness (QED) is 0.700. The van der Waals surface area contributed by atoms with E-state index in [4.69, 9.17) is 9.47 Å². The van der Waals surface area contributed by atoms with Gasteiger partial charge in [-0.3, -0.25) is 4.79 Å². The lowest BCUT2D eigenvalue weighted by Gasteiger charge is -2.07. The van der Waals surface area contributed by atoms with Crippen LogP contribution in [-0.2, 0) is 27.1 Å². The smallest absolute Gasteiger partial charge is 0.355 e. The molecule has 152 valence electrons. The van der Waals surface area contributed by atoms with Gasteiger partial charge in [0.05, 0.1) is 17.7 Å².